The molecule has 1 aromatic heterocycles. The molecular weight excluding hydrogens is 360 g/mol. The number of carbonyl (C=O) groups excluding carboxylic acids is 3. The first-order chi connectivity index (χ1) is 13.5. The maximum atomic E-state index is 12.5. The summed E-state index contributed by atoms with van der Waals surface area (Å²) in [5.41, 5.74) is 0.738. The Morgan fingerprint density at radius 3 is 2.57 bits per heavy atom. The molecule has 4 amide bonds. The van der Waals surface area contributed by atoms with Crippen molar-refractivity contribution in [1.29, 1.82) is 0 Å². The number of anilines is 1. The van der Waals surface area contributed by atoms with Crippen molar-refractivity contribution < 1.29 is 18.9 Å². The van der Waals surface area contributed by atoms with E-state index >= 15 is 0 Å². The second kappa shape index (κ2) is 6.66. The molecule has 3 N–H and O–H groups in total. The smallest absolute Gasteiger partial charge is 0.322 e. The van der Waals surface area contributed by atoms with E-state index in [4.69, 9.17) is 4.52 Å². The van der Waals surface area contributed by atoms with E-state index in [1.165, 1.54) is 0 Å². The number of hydrogen-bond donors (Lipinski definition) is 3. The summed E-state index contributed by atoms with van der Waals surface area (Å²) >= 11 is 0. The van der Waals surface area contributed by atoms with Gasteiger partial charge in [-0.25, -0.2) is 4.79 Å². The van der Waals surface area contributed by atoms with Crippen molar-refractivity contribution in [2.75, 3.05) is 5.32 Å². The van der Waals surface area contributed by atoms with E-state index in [9.17, 15) is 14.4 Å². The van der Waals surface area contributed by atoms with Crippen LogP contribution in [0.25, 0.3) is 11.3 Å². The first-order valence-electron chi connectivity index (χ1n) is 8.53. The van der Waals surface area contributed by atoms with Gasteiger partial charge in [0.15, 0.2) is 11.5 Å². The van der Waals surface area contributed by atoms with Gasteiger partial charge < -0.3 is 15.2 Å². The number of nitrogens with zero attached hydrogens (tertiary/aromatic N) is 1. The van der Waals surface area contributed by atoms with Gasteiger partial charge in [-0.1, -0.05) is 47.6 Å². The highest BCUT2D eigenvalue weighted by Crippen LogP contribution is 2.27. The van der Waals surface area contributed by atoms with Crippen LogP contribution in [0.2, 0.25) is 0 Å². The van der Waals surface area contributed by atoms with E-state index in [1.54, 1.807) is 37.3 Å². The molecule has 0 aliphatic carbocycles. The molecule has 8 nitrogen and oxygen atoms in total. The quantitative estimate of drug-likeness (QED) is 0.606. The minimum atomic E-state index is -1.20. The Morgan fingerprint density at radius 1 is 1.07 bits per heavy atom. The first-order valence-corrected chi connectivity index (χ1v) is 8.53. The van der Waals surface area contributed by atoms with Gasteiger partial charge >= 0.3 is 6.03 Å². The number of urea groups is 1. The van der Waals surface area contributed by atoms with E-state index in [1.807, 2.05) is 30.3 Å². The summed E-state index contributed by atoms with van der Waals surface area (Å²) in [7, 11) is 0. The number of nitrogens with one attached hydrogen (secondary N) is 3. The average Bonchev–Trinajstić information content (AvgIpc) is 3.28. The minimum absolute atomic E-state index is 0.127. The molecule has 8 heteroatoms. The highest BCUT2D eigenvalue weighted by Gasteiger charge is 2.43. The Morgan fingerprint density at radius 2 is 1.86 bits per heavy atom. The Kier molecular flexibility index (Phi) is 4.15. The van der Waals surface area contributed by atoms with Crippen LogP contribution in [-0.2, 0) is 10.3 Å². The molecule has 2 heterocycles. The topological polar surface area (TPSA) is 113 Å². The lowest BCUT2D eigenvalue weighted by atomic mass is 9.92. The first kappa shape index (κ1) is 17.5. The molecule has 0 spiro atoms. The highest BCUT2D eigenvalue weighted by molar-refractivity contribution is 6.07. The number of aromatic nitrogens is 1. The molecule has 1 aliphatic heterocycles. The van der Waals surface area contributed by atoms with E-state index in [2.05, 4.69) is 21.1 Å². The Balaban J connectivity index is 1.54. The largest absolute Gasteiger partial charge is 0.355 e. The number of imide groups is 1. The summed E-state index contributed by atoms with van der Waals surface area (Å²) in [6.45, 7) is 1.60. The standard InChI is InChI=1S/C20H16N4O4/c1-20(18(26)22-19(27)23-20)13-8-5-9-14(10-13)21-17(25)15-11-16(28-24-15)12-6-3-2-4-7-12/h2-11H,1H3,(H,21,25)(H2,22,23,26,27)/t20-/m1/s1. The van der Waals surface area contributed by atoms with E-state index in [-0.39, 0.29) is 5.69 Å². The lowest BCUT2D eigenvalue weighted by Crippen LogP contribution is -2.40. The zero-order valence-electron chi connectivity index (χ0n) is 14.9. The van der Waals surface area contributed by atoms with Crippen molar-refractivity contribution in [1.82, 2.24) is 15.8 Å². The van der Waals surface area contributed by atoms with Crippen molar-refractivity contribution >= 4 is 23.5 Å². The van der Waals surface area contributed by atoms with Gasteiger partial charge in [0.1, 0.15) is 5.54 Å². The molecule has 3 aromatic rings. The molecular formula is C20H16N4O4. The van der Waals surface area contributed by atoms with E-state index in [0.29, 0.717) is 17.0 Å². The van der Waals surface area contributed by atoms with Crippen molar-refractivity contribution in [2.45, 2.75) is 12.5 Å². The van der Waals surface area contributed by atoms with Gasteiger partial charge in [0, 0.05) is 17.3 Å². The molecule has 1 atom stereocenters. The third-order valence-electron chi connectivity index (χ3n) is 4.54. The number of hydrogen-bond acceptors (Lipinski definition) is 5. The Bertz CT molecular complexity index is 1080. The summed E-state index contributed by atoms with van der Waals surface area (Å²) in [4.78, 5) is 36.1. The summed E-state index contributed by atoms with van der Waals surface area (Å²) in [6, 6.07) is 17.0. The van der Waals surface area contributed by atoms with E-state index < -0.39 is 23.4 Å². The maximum absolute atomic E-state index is 12.5. The summed E-state index contributed by atoms with van der Waals surface area (Å²) < 4.78 is 5.25. The van der Waals surface area contributed by atoms with Gasteiger partial charge in [-0.2, -0.15) is 0 Å². The van der Waals surface area contributed by atoms with Crippen LogP contribution in [0.4, 0.5) is 10.5 Å². The van der Waals surface area contributed by atoms with Gasteiger partial charge in [-0.05, 0) is 24.6 Å². The molecule has 0 saturated carbocycles. The van der Waals surface area contributed by atoms with Crippen LogP contribution in [0.1, 0.15) is 23.0 Å². The fraction of sp³-hybridized carbons (Fsp3) is 0.100. The number of benzene rings is 2. The summed E-state index contributed by atoms with van der Waals surface area (Å²) in [6.07, 6.45) is 0. The minimum Gasteiger partial charge on any atom is -0.355 e. The molecule has 1 fully saturated rings. The van der Waals surface area contributed by atoms with Crippen LogP contribution in [0, 0.1) is 0 Å². The molecule has 4 rings (SSSR count). The van der Waals surface area contributed by atoms with Crippen molar-refractivity contribution in [3.8, 4) is 11.3 Å². The second-order valence-electron chi connectivity index (χ2n) is 6.51. The van der Waals surface area contributed by atoms with Crippen LogP contribution >= 0.6 is 0 Å². The normalized spacial score (nSPS) is 18.5. The Labute approximate surface area is 159 Å². The molecule has 1 saturated heterocycles. The van der Waals surface area contributed by atoms with Gasteiger partial charge in [0.25, 0.3) is 11.8 Å². The van der Waals surface area contributed by atoms with Crippen molar-refractivity contribution in [3.05, 3.63) is 71.9 Å². The third kappa shape index (κ3) is 3.11. The third-order valence-corrected chi connectivity index (χ3v) is 4.54. The summed E-state index contributed by atoms with van der Waals surface area (Å²) in [5.74, 6) is -0.421. The predicted molar refractivity (Wildman–Crippen MR) is 100 cm³/mol. The van der Waals surface area contributed by atoms with Crippen LogP contribution in [0.15, 0.2) is 65.2 Å². The number of rotatable bonds is 4. The van der Waals surface area contributed by atoms with Crippen molar-refractivity contribution in [2.24, 2.45) is 0 Å². The predicted octanol–water partition coefficient (Wildman–Crippen LogP) is 2.65. The summed E-state index contributed by atoms with van der Waals surface area (Å²) in [5, 5.41) is 11.3. The SMILES string of the molecule is C[C@]1(c2cccc(NC(=O)c3cc(-c4ccccc4)on3)c2)NC(=O)NC1=O. The monoisotopic (exact) mass is 376 g/mol. The van der Waals surface area contributed by atoms with Crippen LogP contribution in [-0.4, -0.2) is 23.0 Å². The average molecular weight is 376 g/mol. The highest BCUT2D eigenvalue weighted by atomic mass is 16.5. The molecule has 1 aliphatic rings. The molecule has 0 radical (unpaired) electrons. The Hall–Kier alpha value is -3.94. The maximum Gasteiger partial charge on any atom is 0.322 e. The fourth-order valence-corrected chi connectivity index (χ4v) is 2.97. The van der Waals surface area contributed by atoms with Gasteiger partial charge in [0.05, 0.1) is 0 Å². The lowest BCUT2D eigenvalue weighted by molar-refractivity contribution is -0.123. The number of carbonyl (C=O) groups is 3. The second-order valence-corrected chi connectivity index (χ2v) is 6.51. The zero-order chi connectivity index (χ0) is 19.7. The van der Waals surface area contributed by atoms with Crippen molar-refractivity contribution in [3.63, 3.8) is 0 Å². The van der Waals surface area contributed by atoms with Gasteiger partial charge in [-0.15, -0.1) is 0 Å². The fourth-order valence-electron chi connectivity index (χ4n) is 2.97. The molecule has 28 heavy (non-hydrogen) atoms. The van der Waals surface area contributed by atoms with Crippen LogP contribution in [0.3, 0.4) is 0 Å². The molecule has 140 valence electrons. The van der Waals surface area contributed by atoms with E-state index in [0.717, 1.165) is 5.56 Å². The number of amides is 4. The van der Waals surface area contributed by atoms with Gasteiger partial charge in [-0.3, -0.25) is 14.9 Å². The molecule has 2 aromatic carbocycles. The molecule has 0 bridgehead atoms. The van der Waals surface area contributed by atoms with Crippen LogP contribution in [0.5, 0.6) is 0 Å². The van der Waals surface area contributed by atoms with Crippen LogP contribution < -0.4 is 16.0 Å². The zero-order valence-corrected chi connectivity index (χ0v) is 14.9. The molecule has 0 unspecified atom stereocenters. The van der Waals surface area contributed by atoms with Gasteiger partial charge in [0.2, 0.25) is 0 Å². The lowest BCUT2D eigenvalue weighted by Gasteiger charge is -2.21.